The minimum absolute atomic E-state index is 0.138. The molecule has 316 valence electrons. The number of nitrogens with two attached hydrogens (primary N) is 1. The first kappa shape index (κ1) is 41.0. The molecular weight excluding hydrogens is 856 g/mol. The third-order valence-corrected chi connectivity index (χ3v) is 11.4. The summed E-state index contributed by atoms with van der Waals surface area (Å²) >= 11 is 6.54. The summed E-state index contributed by atoms with van der Waals surface area (Å²) in [4.78, 5) is 33.5. The van der Waals surface area contributed by atoms with Gasteiger partial charge in [0.1, 0.15) is 47.2 Å². The Morgan fingerprint density at radius 3 is 2.38 bits per heavy atom. The fourth-order valence-electron chi connectivity index (χ4n) is 8.18. The number of benzene rings is 3. The molecular formula is C37H29ClF8N8O5S. The molecule has 0 aliphatic heterocycles. The number of anilines is 1. The van der Waals surface area contributed by atoms with E-state index in [1.54, 1.807) is 0 Å². The zero-order valence-electron chi connectivity index (χ0n) is 30.8. The van der Waals surface area contributed by atoms with Gasteiger partial charge in [0.15, 0.2) is 5.82 Å². The quantitative estimate of drug-likeness (QED) is 0.121. The lowest BCUT2D eigenvalue weighted by Gasteiger charge is -2.30. The van der Waals surface area contributed by atoms with E-state index in [1.165, 1.54) is 25.3 Å². The molecule has 3 heterocycles. The SMILES string of the molecule is COc1ccc2c(=O)n(-c3ccc(Cl)c4c(NS(C)(=O)=O)nn(CC(F)F)c34)c([C@@H](Cc3cc(F)cc(F)c3)C(C(N)=O)n3nc(C(F)F)c4c3C(F)(F)[C@@H]3C[C@H]43)nc2c1. The van der Waals surface area contributed by atoms with Crippen LogP contribution in [0.1, 0.15) is 59.1 Å². The summed E-state index contributed by atoms with van der Waals surface area (Å²) in [6.45, 7) is -1.21. The lowest BCUT2D eigenvalue weighted by atomic mass is 9.89. The lowest BCUT2D eigenvalue weighted by molar-refractivity contribution is -0.122. The van der Waals surface area contributed by atoms with Gasteiger partial charge in [-0.15, -0.1) is 0 Å². The Balaban J connectivity index is 1.51. The highest BCUT2D eigenvalue weighted by Crippen LogP contribution is 2.68. The molecule has 0 bridgehead atoms. The highest BCUT2D eigenvalue weighted by Gasteiger charge is 2.67. The van der Waals surface area contributed by atoms with Crippen molar-refractivity contribution >= 4 is 55.2 Å². The van der Waals surface area contributed by atoms with Gasteiger partial charge in [0.2, 0.25) is 15.9 Å². The Morgan fingerprint density at radius 2 is 1.77 bits per heavy atom. The van der Waals surface area contributed by atoms with Crippen molar-refractivity contribution in [2.75, 3.05) is 18.1 Å². The van der Waals surface area contributed by atoms with Crippen molar-refractivity contribution in [3.8, 4) is 11.4 Å². The zero-order valence-corrected chi connectivity index (χ0v) is 32.4. The maximum absolute atomic E-state index is 16.1. The molecule has 1 fully saturated rings. The first-order valence-corrected chi connectivity index (χ1v) is 20.1. The van der Waals surface area contributed by atoms with Crippen LogP contribution in [0.5, 0.6) is 5.75 Å². The lowest BCUT2D eigenvalue weighted by Crippen LogP contribution is -2.39. The van der Waals surface area contributed by atoms with Gasteiger partial charge in [0.05, 0.1) is 51.8 Å². The van der Waals surface area contributed by atoms with E-state index in [0.29, 0.717) is 15.4 Å². The first-order valence-electron chi connectivity index (χ1n) is 17.8. The van der Waals surface area contributed by atoms with Gasteiger partial charge >= 0.3 is 0 Å². The highest BCUT2D eigenvalue weighted by molar-refractivity contribution is 7.92. The number of halogens is 9. The van der Waals surface area contributed by atoms with E-state index in [2.05, 4.69) is 19.9 Å². The summed E-state index contributed by atoms with van der Waals surface area (Å²) in [5.41, 5.74) is 1.16. The zero-order chi connectivity index (χ0) is 43.3. The van der Waals surface area contributed by atoms with E-state index >= 15 is 8.78 Å². The number of nitrogens with one attached hydrogen (secondary N) is 1. The fraction of sp³-hybridized carbons (Fsp3) is 0.324. The number of fused-ring (bicyclic) bond motifs is 5. The largest absolute Gasteiger partial charge is 0.497 e. The van der Waals surface area contributed by atoms with E-state index < -0.39 is 128 Å². The molecule has 3 aromatic carbocycles. The highest BCUT2D eigenvalue weighted by atomic mass is 35.5. The van der Waals surface area contributed by atoms with Crippen molar-refractivity contribution in [3.05, 3.63) is 104 Å². The molecule has 1 unspecified atom stereocenters. The van der Waals surface area contributed by atoms with Crippen molar-refractivity contribution in [1.29, 1.82) is 0 Å². The molecule has 13 nitrogen and oxygen atoms in total. The van der Waals surface area contributed by atoms with Crippen molar-refractivity contribution in [2.24, 2.45) is 11.7 Å². The van der Waals surface area contributed by atoms with Gasteiger partial charge in [-0.3, -0.25) is 23.6 Å². The maximum Gasteiger partial charge on any atom is 0.293 e. The second-order valence-electron chi connectivity index (χ2n) is 14.5. The molecule has 3 N–H and O–H groups in total. The summed E-state index contributed by atoms with van der Waals surface area (Å²) in [6.07, 6.45) is -6.72. The second-order valence-corrected chi connectivity index (χ2v) is 16.6. The Labute approximate surface area is 337 Å². The maximum atomic E-state index is 16.1. The number of hydrogen-bond donors (Lipinski definition) is 2. The number of carbonyl (C=O) groups is 1. The number of carbonyl (C=O) groups excluding carboxylic acids is 1. The van der Waals surface area contributed by atoms with Gasteiger partial charge in [-0.25, -0.2) is 44.4 Å². The van der Waals surface area contributed by atoms with E-state index in [1.807, 2.05) is 0 Å². The van der Waals surface area contributed by atoms with Crippen LogP contribution in [0.2, 0.25) is 5.02 Å². The van der Waals surface area contributed by atoms with Crippen molar-refractivity contribution in [1.82, 2.24) is 29.1 Å². The molecule has 8 rings (SSSR count). The summed E-state index contributed by atoms with van der Waals surface area (Å²) in [5.74, 6) is -12.9. The van der Waals surface area contributed by atoms with Crippen molar-refractivity contribution in [2.45, 2.75) is 56.0 Å². The number of nitrogens with zero attached hydrogens (tertiary/aromatic N) is 6. The second kappa shape index (κ2) is 14.5. The molecule has 0 radical (unpaired) electrons. The normalized spacial score (nSPS) is 17.9. The van der Waals surface area contributed by atoms with Crippen molar-refractivity contribution < 1.29 is 53.1 Å². The number of aromatic nitrogens is 6. The molecule has 3 aromatic heterocycles. The fourth-order valence-corrected chi connectivity index (χ4v) is 8.91. The van der Waals surface area contributed by atoms with Crippen LogP contribution < -0.4 is 20.8 Å². The van der Waals surface area contributed by atoms with E-state index in [-0.39, 0.29) is 39.0 Å². The number of hydrogen-bond acceptors (Lipinski definition) is 8. The molecule has 2 aliphatic carbocycles. The van der Waals surface area contributed by atoms with E-state index in [9.17, 15) is 44.3 Å². The topological polar surface area (TPSA) is 169 Å². The van der Waals surface area contributed by atoms with Gasteiger partial charge in [0.25, 0.3) is 24.3 Å². The predicted molar refractivity (Wildman–Crippen MR) is 200 cm³/mol. The number of methoxy groups -OCH3 is 1. The number of amides is 1. The average Bonchev–Trinajstić information content (AvgIpc) is 3.66. The first-order chi connectivity index (χ1) is 28.2. The number of sulfonamides is 1. The number of primary amides is 1. The summed E-state index contributed by atoms with van der Waals surface area (Å²) in [7, 11) is -2.87. The molecule has 4 atom stereocenters. The Hall–Kier alpha value is -5.77. The van der Waals surface area contributed by atoms with Crippen LogP contribution in [0.25, 0.3) is 27.5 Å². The van der Waals surface area contributed by atoms with E-state index in [4.69, 9.17) is 22.1 Å². The Morgan fingerprint density at radius 1 is 1.07 bits per heavy atom. The minimum atomic E-state index is -4.16. The third-order valence-electron chi connectivity index (χ3n) is 10.5. The molecule has 0 saturated heterocycles. The van der Waals surface area contributed by atoms with E-state index in [0.717, 1.165) is 35.1 Å². The van der Waals surface area contributed by atoms with Crippen LogP contribution in [-0.4, -0.2) is 63.2 Å². The standard InChI is InChI=1S/C37H29ClF8N8O5S/c1-59-17-3-4-18-23(11-17)48-35(53(36(18)56)24-6-5-22(38)27-30(24)52(13-25(41)42)50-34(27)51-60(2,57)58)20(9-14-7-15(39)10-16(40)8-14)29(33(47)55)54-31-26(28(49-54)32(43)44)19-12-21(19)37(31,45)46/h3-8,10-11,19-21,25,29,32H,9,12-13H2,1-2H3,(H2,47,55)(H,50,51)/t19-,20-,21+,29?/m0/s1. The molecule has 60 heavy (non-hydrogen) atoms. The van der Waals surface area contributed by atoms with Crippen LogP contribution in [0, 0.1) is 17.6 Å². The van der Waals surface area contributed by atoms with Crippen LogP contribution in [-0.2, 0) is 33.7 Å². The Kier molecular flexibility index (Phi) is 9.87. The number of ether oxygens (including phenoxy) is 1. The number of alkyl halides is 6. The van der Waals surface area contributed by atoms with Crippen LogP contribution in [0.15, 0.2) is 53.3 Å². The molecule has 23 heteroatoms. The smallest absolute Gasteiger partial charge is 0.293 e. The molecule has 6 aromatic rings. The Bertz CT molecular complexity index is 2920. The molecule has 2 aliphatic rings. The van der Waals surface area contributed by atoms with Crippen molar-refractivity contribution in [3.63, 3.8) is 0 Å². The summed E-state index contributed by atoms with van der Waals surface area (Å²) in [6, 6.07) is 6.10. The molecule has 0 spiro atoms. The monoisotopic (exact) mass is 884 g/mol. The third kappa shape index (κ3) is 6.87. The summed E-state index contributed by atoms with van der Waals surface area (Å²) in [5, 5.41) is 7.12. The van der Waals surface area contributed by atoms with Gasteiger partial charge in [-0.1, -0.05) is 11.6 Å². The van der Waals surface area contributed by atoms with Gasteiger partial charge in [-0.05, 0) is 60.7 Å². The summed E-state index contributed by atoms with van der Waals surface area (Å²) < 4.78 is 153. The molecule has 1 saturated carbocycles. The van der Waals surface area contributed by atoms with Gasteiger partial charge in [0, 0.05) is 23.6 Å². The molecule has 1 amide bonds. The predicted octanol–water partition coefficient (Wildman–Crippen LogP) is 6.71. The van der Waals surface area contributed by atoms with Gasteiger partial charge in [-0.2, -0.15) is 19.0 Å². The van der Waals surface area contributed by atoms with Crippen LogP contribution in [0.4, 0.5) is 40.9 Å². The van der Waals surface area contributed by atoms with Crippen LogP contribution >= 0.6 is 11.6 Å². The van der Waals surface area contributed by atoms with Crippen LogP contribution in [0.3, 0.4) is 0 Å². The number of rotatable bonds is 13. The average molecular weight is 885 g/mol. The van der Waals surface area contributed by atoms with Gasteiger partial charge < -0.3 is 10.5 Å². The minimum Gasteiger partial charge on any atom is -0.497 e.